The van der Waals surface area contributed by atoms with Gasteiger partial charge in [0.05, 0.1) is 25.4 Å². The number of carbonyl (C=O) groups is 1. The Morgan fingerprint density at radius 1 is 1.62 bits per heavy atom. The van der Waals surface area contributed by atoms with Gasteiger partial charge in [0.2, 0.25) is 5.91 Å². The van der Waals surface area contributed by atoms with E-state index in [2.05, 4.69) is 5.32 Å². The van der Waals surface area contributed by atoms with Crippen LogP contribution in [0.15, 0.2) is 0 Å². The molecule has 0 bridgehead atoms. The minimum atomic E-state index is -0.470. The zero-order valence-electron chi connectivity index (χ0n) is 9.77. The molecule has 96 valence electrons. The second-order valence-corrected chi connectivity index (χ2v) is 4.02. The van der Waals surface area contributed by atoms with Crippen LogP contribution >= 0.6 is 12.4 Å². The van der Waals surface area contributed by atoms with E-state index in [0.717, 1.165) is 13.0 Å². The summed E-state index contributed by atoms with van der Waals surface area (Å²) in [6.45, 7) is 5.50. The van der Waals surface area contributed by atoms with Gasteiger partial charge in [0, 0.05) is 12.6 Å². The molecule has 3 unspecified atom stereocenters. The highest BCUT2D eigenvalue weighted by Crippen LogP contribution is 2.08. The lowest BCUT2D eigenvalue weighted by Gasteiger charge is -2.17. The van der Waals surface area contributed by atoms with Gasteiger partial charge in [0.15, 0.2) is 0 Å². The Hall–Kier alpha value is -0.360. The van der Waals surface area contributed by atoms with Gasteiger partial charge in [-0.15, -0.1) is 12.4 Å². The Bertz CT molecular complexity index is 208. The van der Waals surface area contributed by atoms with Crippen molar-refractivity contribution in [2.75, 3.05) is 19.8 Å². The normalized spacial score (nSPS) is 23.3. The molecule has 1 aliphatic heterocycles. The summed E-state index contributed by atoms with van der Waals surface area (Å²) >= 11 is 0. The third-order valence-electron chi connectivity index (χ3n) is 2.27. The van der Waals surface area contributed by atoms with Crippen LogP contribution in [0.3, 0.4) is 0 Å². The highest BCUT2D eigenvalue weighted by atomic mass is 35.5. The minimum absolute atomic E-state index is 0. The summed E-state index contributed by atoms with van der Waals surface area (Å²) in [7, 11) is 0. The number of nitrogens with two attached hydrogens (primary N) is 1. The maximum Gasteiger partial charge on any atom is 0.236 e. The van der Waals surface area contributed by atoms with Crippen molar-refractivity contribution in [2.45, 2.75) is 38.5 Å². The Morgan fingerprint density at radius 2 is 2.31 bits per heavy atom. The van der Waals surface area contributed by atoms with Crippen LogP contribution < -0.4 is 11.1 Å². The van der Waals surface area contributed by atoms with E-state index < -0.39 is 6.04 Å². The van der Waals surface area contributed by atoms with E-state index in [1.165, 1.54) is 0 Å². The Kier molecular flexibility index (Phi) is 7.66. The van der Waals surface area contributed by atoms with Gasteiger partial charge in [-0.05, 0) is 20.3 Å². The first-order valence-electron chi connectivity index (χ1n) is 5.35. The summed E-state index contributed by atoms with van der Waals surface area (Å²) < 4.78 is 10.7. The zero-order valence-corrected chi connectivity index (χ0v) is 10.6. The first-order valence-corrected chi connectivity index (χ1v) is 5.35. The van der Waals surface area contributed by atoms with E-state index >= 15 is 0 Å². The molecule has 3 atom stereocenters. The van der Waals surface area contributed by atoms with E-state index in [-0.39, 0.29) is 30.5 Å². The Morgan fingerprint density at radius 3 is 2.81 bits per heavy atom. The lowest BCUT2D eigenvalue weighted by Crippen LogP contribution is -2.44. The smallest absolute Gasteiger partial charge is 0.236 e. The van der Waals surface area contributed by atoms with Crippen molar-refractivity contribution in [2.24, 2.45) is 5.73 Å². The first kappa shape index (κ1) is 15.6. The average Bonchev–Trinajstić information content (AvgIpc) is 2.66. The lowest BCUT2D eigenvalue weighted by atomic mass is 10.3. The summed E-state index contributed by atoms with van der Waals surface area (Å²) in [6, 6.07) is -0.480. The van der Waals surface area contributed by atoms with E-state index in [9.17, 15) is 4.79 Å². The average molecular weight is 253 g/mol. The van der Waals surface area contributed by atoms with Crippen LogP contribution in [0.1, 0.15) is 20.3 Å². The summed E-state index contributed by atoms with van der Waals surface area (Å²) in [4.78, 5) is 11.2. The van der Waals surface area contributed by atoms with Crippen molar-refractivity contribution in [3.63, 3.8) is 0 Å². The fourth-order valence-corrected chi connectivity index (χ4v) is 1.34. The molecule has 1 aliphatic rings. The van der Waals surface area contributed by atoms with Gasteiger partial charge < -0.3 is 20.5 Å². The molecule has 0 radical (unpaired) electrons. The van der Waals surface area contributed by atoms with Crippen LogP contribution in [-0.4, -0.2) is 43.9 Å². The van der Waals surface area contributed by atoms with Crippen molar-refractivity contribution >= 4 is 18.3 Å². The largest absolute Gasteiger partial charge is 0.379 e. The molecule has 6 heteroatoms. The van der Waals surface area contributed by atoms with Crippen molar-refractivity contribution in [1.29, 1.82) is 0 Å². The Balaban J connectivity index is 0.00000225. The molecule has 1 heterocycles. The number of hydrogen-bond donors (Lipinski definition) is 2. The number of nitrogens with one attached hydrogen (secondary N) is 1. The van der Waals surface area contributed by atoms with Gasteiger partial charge in [0.25, 0.3) is 0 Å². The minimum Gasteiger partial charge on any atom is -0.379 e. The predicted molar refractivity (Wildman–Crippen MR) is 63.7 cm³/mol. The predicted octanol–water partition coefficient (Wildman–Crippen LogP) is 0.0656. The molecule has 5 nitrogen and oxygen atoms in total. The van der Waals surface area contributed by atoms with Crippen molar-refractivity contribution in [1.82, 2.24) is 5.32 Å². The molecule has 0 aromatic carbocycles. The number of amides is 1. The van der Waals surface area contributed by atoms with E-state index in [0.29, 0.717) is 13.2 Å². The molecule has 0 aromatic heterocycles. The fraction of sp³-hybridized carbons (Fsp3) is 0.900. The maximum absolute atomic E-state index is 11.2. The molecular weight excluding hydrogens is 232 g/mol. The number of carbonyl (C=O) groups excluding carboxylic acids is 1. The molecule has 0 spiro atoms. The highest BCUT2D eigenvalue weighted by Gasteiger charge is 2.18. The second-order valence-electron chi connectivity index (χ2n) is 4.02. The number of halogens is 1. The molecule has 1 rings (SSSR count). The maximum atomic E-state index is 11.2. The molecule has 1 saturated heterocycles. The van der Waals surface area contributed by atoms with Gasteiger partial charge >= 0.3 is 0 Å². The van der Waals surface area contributed by atoms with Crippen molar-refractivity contribution < 1.29 is 14.3 Å². The van der Waals surface area contributed by atoms with E-state index in [1.54, 1.807) is 6.92 Å². The van der Waals surface area contributed by atoms with Crippen LogP contribution in [0.4, 0.5) is 0 Å². The van der Waals surface area contributed by atoms with Crippen LogP contribution in [0, 0.1) is 0 Å². The van der Waals surface area contributed by atoms with Crippen LogP contribution in [0.5, 0.6) is 0 Å². The highest BCUT2D eigenvalue weighted by molar-refractivity contribution is 5.85. The van der Waals surface area contributed by atoms with Gasteiger partial charge in [-0.25, -0.2) is 0 Å². The summed E-state index contributed by atoms with van der Waals surface area (Å²) in [5, 5.41) is 2.77. The fourth-order valence-electron chi connectivity index (χ4n) is 1.34. The van der Waals surface area contributed by atoms with Gasteiger partial charge in [-0.3, -0.25) is 4.79 Å². The molecule has 0 aliphatic carbocycles. The second kappa shape index (κ2) is 7.84. The molecular formula is C10H21ClN2O3. The summed E-state index contributed by atoms with van der Waals surface area (Å²) in [5.41, 5.74) is 5.43. The van der Waals surface area contributed by atoms with Gasteiger partial charge in [-0.2, -0.15) is 0 Å². The van der Waals surface area contributed by atoms with Crippen LogP contribution in [-0.2, 0) is 14.3 Å². The first-order chi connectivity index (χ1) is 7.09. The lowest BCUT2D eigenvalue weighted by molar-refractivity contribution is -0.123. The standard InChI is InChI=1S/C10H20N2O3.ClH/c1-7(12-10(13)8(2)11)5-15-9-3-4-14-6-9;/h7-9H,3-6,11H2,1-2H3,(H,12,13);1H. The molecule has 1 amide bonds. The van der Waals surface area contributed by atoms with Crippen LogP contribution in [0.2, 0.25) is 0 Å². The molecule has 3 N–H and O–H groups in total. The zero-order chi connectivity index (χ0) is 11.3. The number of ether oxygens (including phenoxy) is 2. The van der Waals surface area contributed by atoms with Gasteiger partial charge in [-0.1, -0.05) is 0 Å². The molecule has 0 saturated carbocycles. The molecule has 16 heavy (non-hydrogen) atoms. The third kappa shape index (κ3) is 5.65. The van der Waals surface area contributed by atoms with E-state index in [1.807, 2.05) is 6.92 Å². The quantitative estimate of drug-likeness (QED) is 0.726. The monoisotopic (exact) mass is 252 g/mol. The summed E-state index contributed by atoms with van der Waals surface area (Å²) in [5.74, 6) is -0.145. The summed E-state index contributed by atoms with van der Waals surface area (Å²) in [6.07, 6.45) is 1.12. The van der Waals surface area contributed by atoms with Gasteiger partial charge in [0.1, 0.15) is 0 Å². The third-order valence-corrected chi connectivity index (χ3v) is 2.27. The Labute approximate surface area is 102 Å². The topological polar surface area (TPSA) is 73.6 Å². The molecule has 0 aromatic rings. The number of hydrogen-bond acceptors (Lipinski definition) is 4. The van der Waals surface area contributed by atoms with Crippen molar-refractivity contribution in [3.05, 3.63) is 0 Å². The SMILES string of the molecule is CC(COC1CCOC1)NC(=O)C(C)N.Cl. The van der Waals surface area contributed by atoms with Crippen LogP contribution in [0.25, 0.3) is 0 Å². The van der Waals surface area contributed by atoms with E-state index in [4.69, 9.17) is 15.2 Å². The van der Waals surface area contributed by atoms with Crippen molar-refractivity contribution in [3.8, 4) is 0 Å². The number of rotatable bonds is 5. The molecule has 1 fully saturated rings.